The summed E-state index contributed by atoms with van der Waals surface area (Å²) >= 11 is 0. The van der Waals surface area contributed by atoms with E-state index in [0.29, 0.717) is 5.82 Å². The van der Waals surface area contributed by atoms with Crippen molar-refractivity contribution in [2.75, 3.05) is 25.1 Å². The quantitative estimate of drug-likeness (QED) is 0.847. The Morgan fingerprint density at radius 2 is 2.35 bits per heavy atom. The Kier molecular flexibility index (Phi) is 4.11. The Hall–Kier alpha value is -2.68. The van der Waals surface area contributed by atoms with Crippen LogP contribution in [0.15, 0.2) is 22.9 Å². The van der Waals surface area contributed by atoms with Crippen molar-refractivity contribution in [3.63, 3.8) is 0 Å². The highest BCUT2D eigenvalue weighted by molar-refractivity contribution is 5.65. The first-order chi connectivity index (χ1) is 11.1. The minimum atomic E-state index is -1.14. The minimum Gasteiger partial charge on any atom is -0.465 e. The van der Waals surface area contributed by atoms with Crippen molar-refractivity contribution in [2.24, 2.45) is 0 Å². The summed E-state index contributed by atoms with van der Waals surface area (Å²) in [6.45, 7) is 3.22. The van der Waals surface area contributed by atoms with Crippen molar-refractivity contribution in [3.05, 3.63) is 24.2 Å². The lowest BCUT2D eigenvalue weighted by molar-refractivity contribution is 0.0783. The summed E-state index contributed by atoms with van der Waals surface area (Å²) in [5, 5.41) is 14.9. The lowest BCUT2D eigenvalue weighted by atomic mass is 10.1. The molecule has 2 N–H and O–H groups in total. The van der Waals surface area contributed by atoms with E-state index in [-0.39, 0.29) is 12.0 Å². The van der Waals surface area contributed by atoms with Gasteiger partial charge in [-0.15, -0.1) is 0 Å². The monoisotopic (exact) mass is 319 g/mol. The summed E-state index contributed by atoms with van der Waals surface area (Å²) in [4.78, 5) is 21.3. The number of nitrogens with one attached hydrogen (secondary N) is 1. The van der Waals surface area contributed by atoms with E-state index >= 15 is 0 Å². The van der Waals surface area contributed by atoms with Gasteiger partial charge < -0.3 is 24.6 Å². The number of pyridine rings is 1. The fraction of sp³-hybridized carbons (Fsp3) is 0.429. The van der Waals surface area contributed by atoms with E-state index in [2.05, 4.69) is 25.3 Å². The molecule has 9 heteroatoms. The Balaban J connectivity index is 1.75. The summed E-state index contributed by atoms with van der Waals surface area (Å²) in [5.41, 5.74) is 0.758. The third kappa shape index (κ3) is 3.24. The van der Waals surface area contributed by atoms with Gasteiger partial charge in [0.15, 0.2) is 0 Å². The zero-order valence-electron chi connectivity index (χ0n) is 12.8. The van der Waals surface area contributed by atoms with E-state index in [4.69, 9.17) is 14.4 Å². The van der Waals surface area contributed by atoms with E-state index < -0.39 is 12.1 Å². The fourth-order valence-electron chi connectivity index (χ4n) is 2.28. The molecule has 1 fully saturated rings. The zero-order valence-corrected chi connectivity index (χ0v) is 12.8. The van der Waals surface area contributed by atoms with Crippen LogP contribution in [0, 0.1) is 0 Å². The van der Waals surface area contributed by atoms with Crippen LogP contribution < -0.4 is 10.2 Å². The average Bonchev–Trinajstić information content (AvgIpc) is 2.96. The number of carbonyl (C=O) groups is 1. The molecule has 0 radical (unpaired) electrons. The van der Waals surface area contributed by atoms with Crippen LogP contribution in [0.2, 0.25) is 0 Å². The maximum absolute atomic E-state index is 10.6. The number of anilines is 1. The molecule has 2 aromatic rings. The number of hydrogen-bond donors (Lipinski definition) is 2. The van der Waals surface area contributed by atoms with E-state index in [9.17, 15) is 4.79 Å². The van der Waals surface area contributed by atoms with Crippen LogP contribution in [-0.2, 0) is 4.74 Å². The molecule has 9 nitrogen and oxygen atoms in total. The molecule has 0 aromatic carbocycles. The largest absolute Gasteiger partial charge is 0.465 e. The van der Waals surface area contributed by atoms with E-state index in [1.165, 1.54) is 0 Å². The third-order valence-electron chi connectivity index (χ3n) is 3.66. The average molecular weight is 319 g/mol. The maximum Gasteiger partial charge on any atom is 0.405 e. The van der Waals surface area contributed by atoms with E-state index in [1.807, 2.05) is 6.07 Å². The summed E-state index contributed by atoms with van der Waals surface area (Å²) in [5.74, 6) is 1.43. The molecule has 1 aliphatic heterocycles. The summed E-state index contributed by atoms with van der Waals surface area (Å²) in [6.07, 6.45) is 0.772. The molecule has 0 aliphatic carbocycles. The molecule has 0 saturated carbocycles. The SMILES string of the molecule is COC1CN(c2cc(-c3noc([C@H](C)NC(=O)O)n3)ccn2)C1. The lowest BCUT2D eigenvalue weighted by Crippen LogP contribution is -2.52. The van der Waals surface area contributed by atoms with Gasteiger partial charge in [-0.05, 0) is 19.1 Å². The zero-order chi connectivity index (χ0) is 16.4. The van der Waals surface area contributed by atoms with Gasteiger partial charge in [-0.3, -0.25) is 0 Å². The predicted octanol–water partition coefficient (Wildman–Crippen LogP) is 1.30. The maximum atomic E-state index is 10.6. The van der Waals surface area contributed by atoms with Crippen molar-refractivity contribution in [3.8, 4) is 11.4 Å². The van der Waals surface area contributed by atoms with Crippen LogP contribution >= 0.6 is 0 Å². The fourth-order valence-corrected chi connectivity index (χ4v) is 2.28. The normalized spacial score (nSPS) is 16.0. The summed E-state index contributed by atoms with van der Waals surface area (Å²) in [6, 6.07) is 3.07. The molecule has 2 aromatic heterocycles. The van der Waals surface area contributed by atoms with Gasteiger partial charge in [0.05, 0.1) is 6.10 Å². The van der Waals surface area contributed by atoms with Gasteiger partial charge in [0.2, 0.25) is 11.7 Å². The molecule has 1 atom stereocenters. The molecule has 122 valence electrons. The number of ether oxygens (including phenoxy) is 1. The Morgan fingerprint density at radius 3 is 3.04 bits per heavy atom. The first-order valence-corrected chi connectivity index (χ1v) is 7.14. The van der Waals surface area contributed by atoms with Crippen LogP contribution in [0.25, 0.3) is 11.4 Å². The number of hydrogen-bond acceptors (Lipinski definition) is 7. The minimum absolute atomic E-state index is 0.212. The number of rotatable bonds is 5. The van der Waals surface area contributed by atoms with Gasteiger partial charge in [-0.2, -0.15) is 4.98 Å². The molecule has 0 unspecified atom stereocenters. The lowest BCUT2D eigenvalue weighted by Gasteiger charge is -2.39. The van der Waals surface area contributed by atoms with Gasteiger partial charge in [0.25, 0.3) is 0 Å². The molecular formula is C14H17N5O4. The highest BCUT2D eigenvalue weighted by atomic mass is 16.5. The second kappa shape index (κ2) is 6.21. The van der Waals surface area contributed by atoms with Gasteiger partial charge in [-0.25, -0.2) is 9.78 Å². The molecular weight excluding hydrogens is 302 g/mol. The molecule has 0 bridgehead atoms. The Labute approximate surface area is 132 Å². The van der Waals surface area contributed by atoms with Crippen LogP contribution in [0.5, 0.6) is 0 Å². The predicted molar refractivity (Wildman–Crippen MR) is 80.1 cm³/mol. The van der Waals surface area contributed by atoms with Crippen LogP contribution in [0.3, 0.4) is 0 Å². The molecule has 1 saturated heterocycles. The molecule has 3 heterocycles. The van der Waals surface area contributed by atoms with E-state index in [1.54, 1.807) is 26.3 Å². The highest BCUT2D eigenvalue weighted by Crippen LogP contribution is 2.25. The van der Waals surface area contributed by atoms with Crippen molar-refractivity contribution in [1.29, 1.82) is 0 Å². The Morgan fingerprint density at radius 1 is 1.57 bits per heavy atom. The number of nitrogens with zero attached hydrogens (tertiary/aromatic N) is 4. The molecule has 1 aliphatic rings. The number of methoxy groups -OCH3 is 1. The van der Waals surface area contributed by atoms with Gasteiger partial charge in [-0.1, -0.05) is 5.16 Å². The van der Waals surface area contributed by atoms with Crippen molar-refractivity contribution >= 4 is 11.9 Å². The van der Waals surface area contributed by atoms with Gasteiger partial charge in [0, 0.05) is 32.0 Å². The van der Waals surface area contributed by atoms with Gasteiger partial charge >= 0.3 is 6.09 Å². The molecule has 3 rings (SSSR count). The molecule has 1 amide bonds. The highest BCUT2D eigenvalue weighted by Gasteiger charge is 2.27. The van der Waals surface area contributed by atoms with E-state index in [0.717, 1.165) is 24.5 Å². The van der Waals surface area contributed by atoms with Crippen molar-refractivity contribution in [1.82, 2.24) is 20.4 Å². The topological polar surface area (TPSA) is 114 Å². The Bertz CT molecular complexity index is 698. The number of amides is 1. The molecule has 0 spiro atoms. The van der Waals surface area contributed by atoms with Crippen LogP contribution in [0.4, 0.5) is 10.6 Å². The van der Waals surface area contributed by atoms with Crippen LogP contribution in [-0.4, -0.2) is 52.6 Å². The van der Waals surface area contributed by atoms with Crippen molar-refractivity contribution < 1.29 is 19.2 Å². The smallest absolute Gasteiger partial charge is 0.405 e. The number of carboxylic acid groups (broad SMARTS) is 1. The first-order valence-electron chi connectivity index (χ1n) is 7.14. The molecule has 23 heavy (non-hydrogen) atoms. The summed E-state index contributed by atoms with van der Waals surface area (Å²) in [7, 11) is 1.69. The third-order valence-corrected chi connectivity index (χ3v) is 3.66. The second-order valence-corrected chi connectivity index (χ2v) is 5.29. The second-order valence-electron chi connectivity index (χ2n) is 5.29. The standard InChI is InChI=1S/C14H17N5O4/c1-8(16-14(20)21)13-17-12(18-23-13)9-3-4-15-11(5-9)19-6-10(7-19)22-2/h3-5,8,10,16H,6-7H2,1-2H3,(H,20,21)/t8-/m0/s1. The first kappa shape index (κ1) is 15.2. The number of aromatic nitrogens is 3. The summed E-state index contributed by atoms with van der Waals surface area (Å²) < 4.78 is 10.4. The van der Waals surface area contributed by atoms with Crippen molar-refractivity contribution in [2.45, 2.75) is 19.1 Å². The van der Waals surface area contributed by atoms with Gasteiger partial charge in [0.1, 0.15) is 11.9 Å². The van der Waals surface area contributed by atoms with Crippen LogP contribution in [0.1, 0.15) is 18.9 Å².